The maximum absolute atomic E-state index is 13.1. The molecule has 2 aromatic rings. The van der Waals surface area contributed by atoms with Gasteiger partial charge in [0, 0.05) is 43.3 Å². The number of carbonyl (C=O) groups excluding carboxylic acids is 2. The highest BCUT2D eigenvalue weighted by Crippen LogP contribution is 2.33. The van der Waals surface area contributed by atoms with Crippen molar-refractivity contribution in [3.63, 3.8) is 0 Å². The topological polar surface area (TPSA) is 136 Å². The summed E-state index contributed by atoms with van der Waals surface area (Å²) in [5, 5.41) is 10.4. The van der Waals surface area contributed by atoms with E-state index in [1.807, 2.05) is 30.3 Å². The molecule has 12 heteroatoms. The zero-order valence-corrected chi connectivity index (χ0v) is 22.3. The van der Waals surface area contributed by atoms with E-state index in [1.54, 1.807) is 6.20 Å². The molecule has 206 valence electrons. The smallest absolute Gasteiger partial charge is 0.328 e. The van der Waals surface area contributed by atoms with Crippen LogP contribution in [0.4, 0.5) is 4.79 Å². The molecule has 0 bridgehead atoms. The van der Waals surface area contributed by atoms with Crippen LogP contribution in [-0.4, -0.2) is 78.6 Å². The monoisotopic (exact) mass is 547 g/mol. The van der Waals surface area contributed by atoms with Gasteiger partial charge in [0.05, 0.1) is 19.8 Å². The molecule has 1 aromatic carbocycles. The molecular formula is C26H33N3O8S. The van der Waals surface area contributed by atoms with Crippen molar-refractivity contribution in [2.45, 2.75) is 55.8 Å². The van der Waals surface area contributed by atoms with Gasteiger partial charge in [-0.3, -0.25) is 9.36 Å². The Morgan fingerprint density at radius 2 is 1.97 bits per heavy atom. The lowest BCUT2D eigenvalue weighted by Gasteiger charge is -2.36. The molecule has 0 spiro atoms. The molecule has 1 aromatic heterocycles. The summed E-state index contributed by atoms with van der Waals surface area (Å²) < 4.78 is 35.6. The summed E-state index contributed by atoms with van der Waals surface area (Å²) in [6.07, 6.45) is 4.47. The van der Waals surface area contributed by atoms with Crippen molar-refractivity contribution in [2.75, 3.05) is 32.6 Å². The van der Waals surface area contributed by atoms with Crippen LogP contribution in [0.3, 0.4) is 0 Å². The van der Waals surface area contributed by atoms with Crippen molar-refractivity contribution in [1.29, 1.82) is 0 Å². The summed E-state index contributed by atoms with van der Waals surface area (Å²) in [5.74, 6) is -0.788. The van der Waals surface area contributed by atoms with Gasteiger partial charge in [0.25, 0.3) is 5.91 Å². The van der Waals surface area contributed by atoms with Gasteiger partial charge in [-0.25, -0.2) is 23.5 Å². The van der Waals surface area contributed by atoms with Gasteiger partial charge in [-0.1, -0.05) is 24.3 Å². The molecule has 2 atom stereocenters. The van der Waals surface area contributed by atoms with E-state index < -0.39 is 32.4 Å². The number of ether oxygens (including phenoxy) is 2. The molecule has 3 aliphatic rings. The zero-order valence-electron chi connectivity index (χ0n) is 21.5. The molecule has 3 aliphatic heterocycles. The number of carbonyl (C=O) groups is 2. The van der Waals surface area contributed by atoms with E-state index in [4.69, 9.17) is 14.3 Å². The fraction of sp³-hybridized carbons (Fsp3) is 0.538. The normalized spacial score (nSPS) is 22.4. The molecule has 2 fully saturated rings. The molecule has 2 saturated heterocycles. The third kappa shape index (κ3) is 4.98. The molecule has 38 heavy (non-hydrogen) atoms. The lowest BCUT2D eigenvalue weighted by molar-refractivity contribution is -0.201. The average Bonchev–Trinajstić information content (AvgIpc) is 3.43. The van der Waals surface area contributed by atoms with Crippen molar-refractivity contribution in [1.82, 2.24) is 14.9 Å². The van der Waals surface area contributed by atoms with Crippen molar-refractivity contribution in [3.05, 3.63) is 47.8 Å². The molecule has 5 rings (SSSR count). The molecule has 2 amide bonds. The number of rotatable bonds is 9. The van der Waals surface area contributed by atoms with Crippen LogP contribution in [0.1, 0.15) is 43.9 Å². The van der Waals surface area contributed by atoms with E-state index in [-0.39, 0.29) is 32.2 Å². The zero-order chi connectivity index (χ0) is 27.1. The Labute approximate surface area is 221 Å². The number of benzene rings is 1. The predicted molar refractivity (Wildman–Crippen MR) is 136 cm³/mol. The Bertz CT molecular complexity index is 1310. The summed E-state index contributed by atoms with van der Waals surface area (Å²) in [7, 11) is -3.84. The van der Waals surface area contributed by atoms with Gasteiger partial charge in [-0.05, 0) is 43.4 Å². The largest absolute Gasteiger partial charge is 0.380 e. The second-order valence-electron chi connectivity index (χ2n) is 10.5. The number of amides is 2. The van der Waals surface area contributed by atoms with Crippen molar-refractivity contribution in [2.24, 2.45) is 0 Å². The number of nitrogens with one attached hydrogen (secondary N) is 1. The maximum Gasteiger partial charge on any atom is 0.328 e. The highest BCUT2D eigenvalue weighted by atomic mass is 32.2. The van der Waals surface area contributed by atoms with Crippen LogP contribution in [0.15, 0.2) is 36.5 Å². The Balaban J connectivity index is 1.22. The SMILES string of the molecule is CC(CCN1Cc2cc(-c3ccc(C4(O)COC4)cc3)cn2C1=O)(C(=O)NOC1CCCCO1)S(C)(=O)=O. The van der Waals surface area contributed by atoms with Crippen molar-refractivity contribution < 1.29 is 37.4 Å². The first-order valence-corrected chi connectivity index (χ1v) is 14.6. The Morgan fingerprint density at radius 3 is 2.55 bits per heavy atom. The minimum Gasteiger partial charge on any atom is -0.380 e. The average molecular weight is 548 g/mol. The highest BCUT2D eigenvalue weighted by molar-refractivity contribution is 7.92. The molecule has 2 N–H and O–H groups in total. The second-order valence-corrected chi connectivity index (χ2v) is 12.9. The second kappa shape index (κ2) is 10.1. The van der Waals surface area contributed by atoms with Gasteiger partial charge in [-0.15, -0.1) is 0 Å². The summed E-state index contributed by atoms with van der Waals surface area (Å²) in [6, 6.07) is 9.14. The number of aromatic nitrogens is 1. The van der Waals surface area contributed by atoms with Crippen molar-refractivity contribution in [3.8, 4) is 11.1 Å². The van der Waals surface area contributed by atoms with Crippen LogP contribution in [0, 0.1) is 0 Å². The molecule has 4 heterocycles. The Kier molecular flexibility index (Phi) is 7.12. The Hall–Kier alpha value is -2.77. The van der Waals surface area contributed by atoms with E-state index in [1.165, 1.54) is 16.4 Å². The minimum atomic E-state index is -3.84. The van der Waals surface area contributed by atoms with Crippen LogP contribution < -0.4 is 5.48 Å². The minimum absolute atomic E-state index is 0.0715. The van der Waals surface area contributed by atoms with Crippen LogP contribution in [0.2, 0.25) is 0 Å². The molecule has 2 unspecified atom stereocenters. The first-order chi connectivity index (χ1) is 18.0. The van der Waals surface area contributed by atoms with Gasteiger partial charge in [0.15, 0.2) is 20.9 Å². The summed E-state index contributed by atoms with van der Waals surface area (Å²) >= 11 is 0. The maximum atomic E-state index is 13.1. The lowest BCUT2D eigenvalue weighted by atomic mass is 9.91. The quantitative estimate of drug-likeness (QED) is 0.455. The first kappa shape index (κ1) is 26.8. The van der Waals surface area contributed by atoms with Gasteiger partial charge in [-0.2, -0.15) is 0 Å². The number of hydroxylamine groups is 1. The third-order valence-electron chi connectivity index (χ3n) is 7.74. The van der Waals surface area contributed by atoms with Gasteiger partial charge in [0.2, 0.25) is 0 Å². The standard InChI is InChI=1S/C26H33N3O8S/c1-25(38(2,33)34,23(30)27-37-22-5-3-4-12-36-22)10-11-28-15-21-13-19(14-29(21)24(28)31)18-6-8-20(9-7-18)26(32)16-35-17-26/h6-9,13-14,22,32H,3-5,10-12,15-17H2,1-2H3,(H,27,30). The van der Waals surface area contributed by atoms with Crippen LogP contribution in [-0.2, 0) is 41.1 Å². The molecular weight excluding hydrogens is 514 g/mol. The fourth-order valence-corrected chi connectivity index (χ4v) is 5.68. The fourth-order valence-electron chi connectivity index (χ4n) is 4.84. The molecule has 0 aliphatic carbocycles. The molecule has 11 nitrogen and oxygen atoms in total. The van der Waals surface area contributed by atoms with Gasteiger partial charge >= 0.3 is 6.03 Å². The van der Waals surface area contributed by atoms with E-state index in [0.717, 1.165) is 41.5 Å². The number of hydrogen-bond donors (Lipinski definition) is 2. The van der Waals surface area contributed by atoms with E-state index in [9.17, 15) is 23.1 Å². The van der Waals surface area contributed by atoms with Crippen LogP contribution in [0.25, 0.3) is 11.1 Å². The summed E-state index contributed by atoms with van der Waals surface area (Å²) in [5.41, 5.74) is 4.65. The summed E-state index contributed by atoms with van der Waals surface area (Å²) in [6.45, 7) is 2.79. The number of hydrogen-bond acceptors (Lipinski definition) is 8. The number of nitrogens with zero attached hydrogens (tertiary/aromatic N) is 2. The number of sulfone groups is 1. The van der Waals surface area contributed by atoms with E-state index in [0.29, 0.717) is 19.6 Å². The van der Waals surface area contributed by atoms with Crippen LogP contribution in [0.5, 0.6) is 0 Å². The molecule has 0 radical (unpaired) electrons. The van der Waals surface area contributed by atoms with Gasteiger partial charge in [0.1, 0.15) is 5.60 Å². The molecule has 0 saturated carbocycles. The highest BCUT2D eigenvalue weighted by Gasteiger charge is 2.45. The number of aliphatic hydroxyl groups is 1. The third-order valence-corrected chi connectivity index (χ3v) is 9.77. The summed E-state index contributed by atoms with van der Waals surface area (Å²) in [4.78, 5) is 32.9. The number of fused-ring (bicyclic) bond motifs is 1. The van der Waals surface area contributed by atoms with E-state index >= 15 is 0 Å². The Morgan fingerprint density at radius 1 is 1.24 bits per heavy atom. The predicted octanol–water partition coefficient (Wildman–Crippen LogP) is 1.92. The first-order valence-electron chi connectivity index (χ1n) is 12.7. The lowest BCUT2D eigenvalue weighted by Crippen LogP contribution is -2.52. The van der Waals surface area contributed by atoms with E-state index in [2.05, 4.69) is 5.48 Å². The van der Waals surface area contributed by atoms with Crippen LogP contribution >= 0.6 is 0 Å². The van der Waals surface area contributed by atoms with Crippen molar-refractivity contribution >= 4 is 21.8 Å². The van der Waals surface area contributed by atoms with Gasteiger partial charge < -0.3 is 19.5 Å².